The third kappa shape index (κ3) is 10.5. The number of hydrogen-bond donors (Lipinski definition) is 0. The van der Waals surface area contributed by atoms with Gasteiger partial charge in [-0.2, -0.15) is 0 Å². The van der Waals surface area contributed by atoms with Crippen LogP contribution < -0.4 is 4.46 Å². The van der Waals surface area contributed by atoms with Crippen LogP contribution in [0.4, 0.5) is 0 Å². The third-order valence-corrected chi connectivity index (χ3v) is 17.8. The normalized spacial score (nSPS) is 12.1. The molecule has 7 aromatic carbocycles. The molecule has 0 fully saturated rings. The molecule has 7 aromatic rings. The van der Waals surface area contributed by atoms with Crippen LogP contribution in [0.5, 0.6) is 0 Å². The van der Waals surface area contributed by atoms with Gasteiger partial charge < -0.3 is 0 Å². The molecule has 0 unspecified atom stereocenters. The van der Waals surface area contributed by atoms with Crippen molar-refractivity contribution in [3.8, 4) is 66.8 Å². The molecule has 0 N–H and O–H groups in total. The fourth-order valence-corrected chi connectivity index (χ4v) is 14.3. The van der Waals surface area contributed by atoms with E-state index in [1.807, 2.05) is 0 Å². The molecule has 0 aliphatic rings. The first kappa shape index (κ1) is 51.6. The molecule has 0 nitrogen and oxygen atoms in total. The van der Waals surface area contributed by atoms with E-state index in [9.17, 15) is 0 Å². The average Bonchev–Trinajstić information content (AvgIpc) is 3.32. The van der Waals surface area contributed by atoms with Crippen LogP contribution in [0.2, 0.25) is 0 Å². The van der Waals surface area contributed by atoms with Crippen LogP contribution in [-0.4, -0.2) is 11.7 Å². The molecular weight excluding hydrogens is 999 g/mol. The zero-order valence-corrected chi connectivity index (χ0v) is 47.9. The Morgan fingerprint density at radius 3 is 0.618 bits per heavy atom. The summed E-state index contributed by atoms with van der Waals surface area (Å²) >= 11 is 2.86. The van der Waals surface area contributed by atoms with E-state index in [2.05, 4.69) is 259 Å². The quantitative estimate of drug-likeness (QED) is 0.0709. The number of rotatable bonds is 15. The Morgan fingerprint density at radius 1 is 0.265 bits per heavy atom. The Hall–Kier alpha value is -4.21. The van der Waals surface area contributed by atoms with Gasteiger partial charge in [0.1, 0.15) is 0 Å². The van der Waals surface area contributed by atoms with E-state index in [4.69, 9.17) is 0 Å². The van der Waals surface area contributed by atoms with Crippen molar-refractivity contribution in [2.24, 2.45) is 0 Å². The van der Waals surface area contributed by atoms with Crippen LogP contribution in [0.15, 0.2) is 127 Å². The first-order chi connectivity index (χ1) is 32.3. The summed E-state index contributed by atoms with van der Waals surface area (Å²) in [6.07, 6.45) is 0. The van der Waals surface area contributed by atoms with Crippen LogP contribution >= 0.6 is 20.3 Å². The maximum atomic E-state index is 2.71. The number of halogens is 1. The second kappa shape index (κ2) is 21.8. The summed E-state index contributed by atoms with van der Waals surface area (Å²) in [5, 5.41) is 0. The van der Waals surface area contributed by atoms with Gasteiger partial charge in [0.25, 0.3) is 0 Å². The van der Waals surface area contributed by atoms with Gasteiger partial charge in [-0.15, -0.1) is 0 Å². The van der Waals surface area contributed by atoms with Crippen LogP contribution in [0.1, 0.15) is 203 Å². The first-order valence-corrected chi connectivity index (χ1v) is 31.7. The van der Waals surface area contributed by atoms with Gasteiger partial charge in [0.05, 0.1) is 0 Å². The molecule has 0 aliphatic carbocycles. The summed E-state index contributed by atoms with van der Waals surface area (Å²) in [5.41, 5.74) is 27.5. The Morgan fingerprint density at radius 2 is 0.441 bits per heavy atom. The van der Waals surface area contributed by atoms with Crippen LogP contribution in [-0.2, 0) is 0 Å². The standard InChI is InChI=1S/C66H77ISe/c1-38(2)52-22-17-23-53(39(3)4)62(52)48-32-46(33-49(36-48)63-54(40(5)6)24-18-25-55(63)41(7)8)60-30-21-31-61(66(60)68-67)47-34-50(64-56(42(9)10)26-19-27-57(64)43(11)12)37-51(35-47)65-58(44(13)14)28-20-29-59(65)45(15)16/h17-45H,1-16H3. The first-order valence-electron chi connectivity index (χ1n) is 25.6. The molecule has 0 spiro atoms. The minimum atomic E-state index is 0.145. The zero-order valence-electron chi connectivity index (χ0n) is 44.0. The van der Waals surface area contributed by atoms with Crippen molar-refractivity contribution in [3.05, 3.63) is 172 Å². The SMILES string of the molecule is CC(C)c1cccc(C(C)C)c1-c1cc(-c2cccc(-c3cc(-c4c(C(C)C)cccc4C(C)C)cc(-c4c(C(C)C)cccc4C(C)C)c3)c2[Se]I)cc(-c2c(C(C)C)cccc2C(C)C)c1. The predicted octanol–water partition coefficient (Wildman–Crippen LogP) is 20.4. The zero-order chi connectivity index (χ0) is 49.3. The van der Waals surface area contributed by atoms with E-state index in [0.29, 0.717) is 47.3 Å². The maximum absolute atomic E-state index is 2.71. The molecule has 0 aromatic heterocycles. The molecule has 7 rings (SSSR count). The van der Waals surface area contributed by atoms with Crippen LogP contribution in [0, 0.1) is 0 Å². The fraction of sp³-hybridized carbons (Fsp3) is 0.364. The van der Waals surface area contributed by atoms with Crippen molar-refractivity contribution in [2.45, 2.75) is 158 Å². The molecule has 0 aliphatic heterocycles. The fourth-order valence-electron chi connectivity index (χ4n) is 10.8. The van der Waals surface area contributed by atoms with Crippen molar-refractivity contribution in [2.75, 3.05) is 0 Å². The van der Waals surface area contributed by atoms with Crippen molar-refractivity contribution in [3.63, 3.8) is 0 Å². The van der Waals surface area contributed by atoms with Gasteiger partial charge in [0, 0.05) is 0 Å². The molecule has 0 heterocycles. The number of hydrogen-bond acceptors (Lipinski definition) is 0. The molecule has 0 amide bonds. The number of benzene rings is 7. The molecule has 0 bridgehead atoms. The van der Waals surface area contributed by atoms with Crippen LogP contribution in [0.3, 0.4) is 0 Å². The predicted molar refractivity (Wildman–Crippen MR) is 311 cm³/mol. The Bertz CT molecular complexity index is 2440. The van der Waals surface area contributed by atoms with E-state index in [1.165, 1.54) is 116 Å². The Balaban J connectivity index is 1.61. The van der Waals surface area contributed by atoms with Gasteiger partial charge in [0.2, 0.25) is 0 Å². The van der Waals surface area contributed by atoms with Gasteiger partial charge in [0.15, 0.2) is 0 Å². The van der Waals surface area contributed by atoms with E-state index in [-0.39, 0.29) is 11.7 Å². The monoisotopic (exact) mass is 1080 g/mol. The van der Waals surface area contributed by atoms with Gasteiger partial charge in [-0.3, -0.25) is 0 Å². The van der Waals surface area contributed by atoms with Crippen molar-refractivity contribution in [1.82, 2.24) is 0 Å². The van der Waals surface area contributed by atoms with Crippen LogP contribution in [0.25, 0.3) is 66.8 Å². The van der Waals surface area contributed by atoms with E-state index in [1.54, 1.807) is 0 Å². The summed E-state index contributed by atoms with van der Waals surface area (Å²) < 4.78 is 1.44. The minimum absolute atomic E-state index is 0.145. The topological polar surface area (TPSA) is 0 Å². The molecule has 354 valence electrons. The molecule has 0 saturated heterocycles. The average molecular weight is 1080 g/mol. The Kier molecular flexibility index (Phi) is 16.6. The van der Waals surface area contributed by atoms with E-state index >= 15 is 0 Å². The second-order valence-corrected chi connectivity index (χ2v) is 25.3. The summed E-state index contributed by atoms with van der Waals surface area (Å²) in [6.45, 7) is 37.7. The van der Waals surface area contributed by atoms with Gasteiger partial charge in [-0.25, -0.2) is 0 Å². The molecule has 0 saturated carbocycles. The molecule has 0 atom stereocenters. The van der Waals surface area contributed by atoms with E-state index < -0.39 is 0 Å². The summed E-state index contributed by atoms with van der Waals surface area (Å²) in [4.78, 5) is 0. The van der Waals surface area contributed by atoms with E-state index in [0.717, 1.165) is 0 Å². The van der Waals surface area contributed by atoms with Gasteiger partial charge >= 0.3 is 433 Å². The third-order valence-electron chi connectivity index (χ3n) is 14.2. The molecule has 2 heteroatoms. The van der Waals surface area contributed by atoms with Crippen molar-refractivity contribution < 1.29 is 0 Å². The molecule has 0 radical (unpaired) electrons. The van der Waals surface area contributed by atoms with Crippen molar-refractivity contribution in [1.29, 1.82) is 0 Å². The summed E-state index contributed by atoms with van der Waals surface area (Å²) in [6, 6.07) is 50.5. The summed E-state index contributed by atoms with van der Waals surface area (Å²) in [5.74, 6) is 3.09. The molecular formula is C66H77ISe. The molecule has 68 heavy (non-hydrogen) atoms. The summed E-state index contributed by atoms with van der Waals surface area (Å²) in [7, 11) is 0. The van der Waals surface area contributed by atoms with Crippen molar-refractivity contribution >= 4 is 36.5 Å². The Labute approximate surface area is 430 Å². The second-order valence-electron chi connectivity index (χ2n) is 21.8. The van der Waals surface area contributed by atoms with Gasteiger partial charge in [-0.1, -0.05) is 0 Å². The van der Waals surface area contributed by atoms with Gasteiger partial charge in [-0.05, 0) is 0 Å².